The van der Waals surface area contributed by atoms with Crippen molar-refractivity contribution in [2.24, 2.45) is 5.92 Å². The van der Waals surface area contributed by atoms with E-state index < -0.39 is 30.2 Å². The van der Waals surface area contributed by atoms with Crippen LogP contribution in [-0.2, 0) is 6.54 Å². The molecule has 17 heteroatoms. The first-order chi connectivity index (χ1) is 14.7. The number of aromatic nitrogens is 2. The zero-order valence-electron chi connectivity index (χ0n) is 17.9. The predicted octanol–water partition coefficient (Wildman–Crippen LogP) is -2.25. The molecule has 10 radical (unpaired) electrons. The molecule has 3 rings (SSSR count). The van der Waals surface area contributed by atoms with Crippen molar-refractivity contribution >= 4 is 76.8 Å². The van der Waals surface area contributed by atoms with Crippen LogP contribution in [0.2, 0.25) is 12.1 Å². The van der Waals surface area contributed by atoms with Crippen LogP contribution < -0.4 is 0 Å². The van der Waals surface area contributed by atoms with E-state index in [1.165, 1.54) is 17.0 Å². The molecule has 2 atom stereocenters. The molecule has 0 saturated carbocycles. The van der Waals surface area contributed by atoms with E-state index in [-0.39, 0.29) is 18.9 Å². The molecule has 0 bridgehead atoms. The molecule has 2 aliphatic rings. The SMILES string of the molecule is [B]B([B])B([B])B(B([B])[B])B1CC1CC1CCN(CC(O)Cn2ccnc2[N+](=O)[O-])CC1. The van der Waals surface area contributed by atoms with Gasteiger partial charge < -0.3 is 20.1 Å². The highest BCUT2D eigenvalue weighted by Crippen LogP contribution is 2.46. The fourth-order valence-corrected chi connectivity index (χ4v) is 5.13. The number of piperidine rings is 1. The van der Waals surface area contributed by atoms with Crippen LogP contribution in [0, 0.1) is 16.0 Å². The summed E-state index contributed by atoms with van der Waals surface area (Å²) in [6.45, 7) is 2.83. The molecule has 1 aromatic rings. The Balaban J connectivity index is 1.40. The van der Waals surface area contributed by atoms with E-state index in [2.05, 4.69) is 9.88 Å². The third-order valence-electron chi connectivity index (χ3n) is 6.88. The van der Waals surface area contributed by atoms with Crippen molar-refractivity contribution in [2.45, 2.75) is 44.0 Å². The molecule has 0 aromatic carbocycles. The second-order valence-corrected chi connectivity index (χ2v) is 9.24. The lowest BCUT2D eigenvalue weighted by Gasteiger charge is -2.33. The maximum atomic E-state index is 11.0. The number of hydrogen-bond donors (Lipinski definition) is 1. The third-order valence-corrected chi connectivity index (χ3v) is 6.88. The van der Waals surface area contributed by atoms with Gasteiger partial charge in [-0.3, -0.25) is 0 Å². The Bertz CT molecular complexity index is 735. The van der Waals surface area contributed by atoms with E-state index in [0.717, 1.165) is 38.7 Å². The number of imidazole rings is 1. The van der Waals surface area contributed by atoms with E-state index in [9.17, 15) is 15.2 Å². The number of hydrogen-bond acceptors (Lipinski definition) is 5. The number of aliphatic hydroxyl groups is 1. The van der Waals surface area contributed by atoms with Gasteiger partial charge in [-0.15, -0.1) is 0 Å². The molecule has 146 valence electrons. The van der Waals surface area contributed by atoms with Gasteiger partial charge in [-0.1, -0.05) is 23.5 Å². The Morgan fingerprint density at radius 3 is 2.48 bits per heavy atom. The quantitative estimate of drug-likeness (QED) is 0.257. The summed E-state index contributed by atoms with van der Waals surface area (Å²) in [4.78, 5) is 16.3. The van der Waals surface area contributed by atoms with Crippen molar-refractivity contribution < 1.29 is 10.0 Å². The van der Waals surface area contributed by atoms with Crippen LogP contribution in [0.3, 0.4) is 0 Å². The minimum Gasteiger partial charge on any atom is -0.390 e. The lowest BCUT2D eigenvalue weighted by molar-refractivity contribution is -0.397. The normalized spacial score (nSPS) is 20.3. The average Bonchev–Trinajstić information content (AvgIpc) is 3.26. The summed E-state index contributed by atoms with van der Waals surface area (Å²) < 4.78 is 1.38. The zero-order chi connectivity index (χ0) is 22.7. The van der Waals surface area contributed by atoms with Crippen LogP contribution >= 0.6 is 0 Å². The number of β-amino-alcohol motifs (C(OH)–C–C–N with tert-alkyl or cyclic N) is 1. The maximum Gasteiger partial charge on any atom is 0.434 e. The molecular formula is C14H22B10N4O3. The highest BCUT2D eigenvalue weighted by Gasteiger charge is 2.50. The first-order valence-corrected chi connectivity index (χ1v) is 11.0. The van der Waals surface area contributed by atoms with E-state index >= 15 is 0 Å². The second kappa shape index (κ2) is 10.9. The minimum atomic E-state index is -0.689. The van der Waals surface area contributed by atoms with Crippen LogP contribution in [0.25, 0.3) is 0 Å². The monoisotopic (exact) mass is 404 g/mol. The molecule has 3 heterocycles. The summed E-state index contributed by atoms with van der Waals surface area (Å²) in [6.07, 6.45) is 4.90. The first kappa shape index (κ1) is 24.8. The van der Waals surface area contributed by atoms with E-state index in [0.29, 0.717) is 24.9 Å². The van der Waals surface area contributed by atoms with Gasteiger partial charge in [0.1, 0.15) is 12.4 Å². The van der Waals surface area contributed by atoms with Crippen molar-refractivity contribution in [3.05, 3.63) is 22.5 Å². The van der Waals surface area contributed by atoms with Gasteiger partial charge in [0, 0.05) is 70.8 Å². The lowest BCUT2D eigenvalue weighted by atomic mass is 8.57. The molecule has 0 amide bonds. The van der Waals surface area contributed by atoms with Gasteiger partial charge in [0.2, 0.25) is 0 Å². The van der Waals surface area contributed by atoms with Gasteiger partial charge in [0.05, 0.1) is 19.3 Å². The van der Waals surface area contributed by atoms with Crippen molar-refractivity contribution in [3.8, 4) is 0 Å². The zero-order valence-corrected chi connectivity index (χ0v) is 17.9. The number of likely N-dealkylation sites (tertiary alicyclic amines) is 1. The van der Waals surface area contributed by atoms with E-state index in [1.54, 1.807) is 0 Å². The molecule has 1 N–H and O–H groups in total. The van der Waals surface area contributed by atoms with Gasteiger partial charge in [-0.2, -0.15) is 0 Å². The van der Waals surface area contributed by atoms with Crippen LogP contribution in [0.4, 0.5) is 5.95 Å². The molecule has 1 aromatic heterocycles. The maximum absolute atomic E-state index is 11.0. The highest BCUT2D eigenvalue weighted by molar-refractivity contribution is 8.01. The van der Waals surface area contributed by atoms with Crippen LogP contribution in [0.1, 0.15) is 19.3 Å². The molecule has 0 aliphatic carbocycles. The average molecular weight is 402 g/mol. The molecule has 2 fully saturated rings. The number of aliphatic hydroxyl groups excluding tert-OH is 1. The summed E-state index contributed by atoms with van der Waals surface area (Å²) >= 11 is 0. The molecule has 2 unspecified atom stereocenters. The minimum absolute atomic E-state index is 0.0625. The van der Waals surface area contributed by atoms with Gasteiger partial charge in [0.15, 0.2) is 0 Å². The predicted molar refractivity (Wildman–Crippen MR) is 135 cm³/mol. The van der Waals surface area contributed by atoms with Gasteiger partial charge in [0.25, 0.3) is 0 Å². The van der Waals surface area contributed by atoms with E-state index in [4.69, 9.17) is 38.7 Å². The Hall–Kier alpha value is -0.821. The van der Waals surface area contributed by atoms with Crippen LogP contribution in [0.15, 0.2) is 12.4 Å². The Morgan fingerprint density at radius 1 is 1.23 bits per heavy atom. The van der Waals surface area contributed by atoms with E-state index in [1.807, 2.05) is 0 Å². The van der Waals surface area contributed by atoms with Crippen molar-refractivity contribution in [2.75, 3.05) is 19.6 Å². The summed E-state index contributed by atoms with van der Waals surface area (Å²) in [5.74, 6) is 0.937. The fraction of sp³-hybridized carbons (Fsp3) is 0.786. The van der Waals surface area contributed by atoms with Crippen molar-refractivity contribution in [1.82, 2.24) is 14.5 Å². The lowest BCUT2D eigenvalue weighted by Crippen LogP contribution is -2.63. The first-order valence-electron chi connectivity index (χ1n) is 11.0. The Kier molecular flexibility index (Phi) is 8.70. The molecule has 31 heavy (non-hydrogen) atoms. The molecule has 0 spiro atoms. The van der Waals surface area contributed by atoms with Gasteiger partial charge >= 0.3 is 5.95 Å². The summed E-state index contributed by atoms with van der Waals surface area (Å²) in [5.41, 5.74) is 0. The smallest absolute Gasteiger partial charge is 0.390 e. The number of rotatable bonds is 11. The molecule has 7 nitrogen and oxygen atoms in total. The fourth-order valence-electron chi connectivity index (χ4n) is 5.13. The van der Waals surface area contributed by atoms with Crippen LogP contribution in [0.5, 0.6) is 0 Å². The van der Waals surface area contributed by atoms with Gasteiger partial charge in [-0.05, 0) is 36.8 Å². The largest absolute Gasteiger partial charge is 0.434 e. The molecular weight excluding hydrogens is 380 g/mol. The second-order valence-electron chi connectivity index (χ2n) is 9.24. The Labute approximate surface area is 193 Å². The number of nitro groups is 1. The van der Waals surface area contributed by atoms with Crippen molar-refractivity contribution in [1.29, 1.82) is 0 Å². The third kappa shape index (κ3) is 6.59. The Morgan fingerprint density at radius 2 is 1.90 bits per heavy atom. The standard InChI is InChI=1S/C14H22B10N4O3/c15-21(16)23(19)24(22(17)18)20-8-12(20)7-11-1-4-26(5-2-11)9-13(29)10-27-6-3-25-14(27)28(30)31/h3,6,11-13,29H,1-2,4-5,7-10H2. The topological polar surface area (TPSA) is 84.4 Å². The van der Waals surface area contributed by atoms with Crippen LogP contribution in [-0.4, -0.2) is 121 Å². The van der Waals surface area contributed by atoms with Crippen molar-refractivity contribution in [3.63, 3.8) is 0 Å². The summed E-state index contributed by atoms with van der Waals surface area (Å²) in [6, 6.07) is 0. The highest BCUT2D eigenvalue weighted by atomic mass is 16.6. The van der Waals surface area contributed by atoms with Gasteiger partial charge in [-0.25, -0.2) is 4.57 Å². The summed E-state index contributed by atoms with van der Waals surface area (Å²) in [5, 5.41) is 21.3. The molecule has 2 saturated heterocycles. The summed E-state index contributed by atoms with van der Waals surface area (Å²) in [7, 11) is 29.6. The molecule has 2 aliphatic heterocycles. The number of nitrogens with zero attached hydrogens (tertiary/aromatic N) is 4.